The Morgan fingerprint density at radius 1 is 1.60 bits per heavy atom. The Bertz CT molecular complexity index is 523. The number of hydrogen-bond acceptors (Lipinski definition) is 4. The molecular formula is C13H19N3O4. The van der Waals surface area contributed by atoms with E-state index in [9.17, 15) is 9.59 Å². The Labute approximate surface area is 116 Å². The van der Waals surface area contributed by atoms with Crippen LogP contribution < -0.4 is 5.32 Å². The van der Waals surface area contributed by atoms with E-state index in [-0.39, 0.29) is 17.9 Å². The van der Waals surface area contributed by atoms with Crippen LogP contribution in [0.3, 0.4) is 0 Å². The molecule has 1 fully saturated rings. The van der Waals surface area contributed by atoms with Gasteiger partial charge in [0.1, 0.15) is 0 Å². The molecule has 7 nitrogen and oxygen atoms in total. The highest BCUT2D eigenvalue weighted by molar-refractivity contribution is 5.94. The third-order valence-electron chi connectivity index (χ3n) is 3.40. The summed E-state index contributed by atoms with van der Waals surface area (Å²) in [5, 5.41) is 15.8. The summed E-state index contributed by atoms with van der Waals surface area (Å²) in [5.74, 6) is -1.22. The van der Waals surface area contributed by atoms with Crippen LogP contribution in [-0.2, 0) is 19.9 Å². The van der Waals surface area contributed by atoms with Gasteiger partial charge in [0.25, 0.3) is 0 Å². The zero-order valence-corrected chi connectivity index (χ0v) is 11.8. The molecule has 1 amide bonds. The normalized spacial score (nSPS) is 21.6. The molecule has 1 aromatic heterocycles. The molecule has 0 bridgehead atoms. The van der Waals surface area contributed by atoms with Crippen molar-refractivity contribution in [1.82, 2.24) is 9.78 Å². The Morgan fingerprint density at radius 2 is 2.30 bits per heavy atom. The van der Waals surface area contributed by atoms with Crippen LogP contribution in [-0.4, -0.2) is 39.5 Å². The second kappa shape index (κ2) is 5.24. The third-order valence-corrected chi connectivity index (χ3v) is 3.40. The molecule has 7 heteroatoms. The van der Waals surface area contributed by atoms with Gasteiger partial charge in [-0.2, -0.15) is 5.10 Å². The molecule has 1 aromatic rings. The average molecular weight is 281 g/mol. The van der Waals surface area contributed by atoms with Gasteiger partial charge < -0.3 is 15.2 Å². The van der Waals surface area contributed by atoms with E-state index in [1.165, 1.54) is 17.1 Å². The predicted octanol–water partition coefficient (Wildman–Crippen LogP) is 1.07. The van der Waals surface area contributed by atoms with E-state index in [0.717, 1.165) is 6.42 Å². The van der Waals surface area contributed by atoms with Crippen LogP contribution in [0.4, 0.5) is 5.69 Å². The van der Waals surface area contributed by atoms with Crippen LogP contribution >= 0.6 is 0 Å². The molecule has 20 heavy (non-hydrogen) atoms. The minimum atomic E-state index is -1.16. The van der Waals surface area contributed by atoms with Crippen LogP contribution in [0, 0.1) is 5.92 Å². The highest BCUT2D eigenvalue weighted by atomic mass is 16.5. The summed E-state index contributed by atoms with van der Waals surface area (Å²) in [5.41, 5.74) is -0.664. The minimum Gasteiger partial charge on any atom is -0.479 e. The van der Waals surface area contributed by atoms with Crippen LogP contribution in [0.15, 0.2) is 12.4 Å². The van der Waals surface area contributed by atoms with Crippen molar-refractivity contribution in [3.63, 3.8) is 0 Å². The van der Waals surface area contributed by atoms with Crippen LogP contribution in [0.1, 0.15) is 27.2 Å². The van der Waals surface area contributed by atoms with Crippen molar-refractivity contribution < 1.29 is 19.4 Å². The molecule has 0 aliphatic heterocycles. The van der Waals surface area contributed by atoms with E-state index < -0.39 is 11.5 Å². The lowest BCUT2D eigenvalue weighted by Gasteiger charge is -2.19. The first kappa shape index (κ1) is 14.5. The highest BCUT2D eigenvalue weighted by Gasteiger charge is 2.44. The van der Waals surface area contributed by atoms with E-state index in [1.54, 1.807) is 13.8 Å². The van der Waals surface area contributed by atoms with E-state index in [0.29, 0.717) is 12.3 Å². The zero-order valence-electron chi connectivity index (χ0n) is 11.8. The Balaban J connectivity index is 1.97. The van der Waals surface area contributed by atoms with Gasteiger partial charge in [0.15, 0.2) is 5.54 Å². The van der Waals surface area contributed by atoms with Crippen LogP contribution in [0.25, 0.3) is 0 Å². The van der Waals surface area contributed by atoms with E-state index in [4.69, 9.17) is 9.84 Å². The second-order valence-electron chi connectivity index (χ2n) is 5.36. The Hall–Kier alpha value is -1.89. The summed E-state index contributed by atoms with van der Waals surface area (Å²) in [7, 11) is 0. The largest absolute Gasteiger partial charge is 0.479 e. The first-order valence-electron chi connectivity index (χ1n) is 6.57. The first-order valence-corrected chi connectivity index (χ1v) is 6.57. The van der Waals surface area contributed by atoms with Gasteiger partial charge in [-0.05, 0) is 27.2 Å². The van der Waals surface area contributed by atoms with Crippen molar-refractivity contribution in [2.75, 3.05) is 11.9 Å². The molecule has 0 radical (unpaired) electrons. The molecule has 2 unspecified atom stereocenters. The van der Waals surface area contributed by atoms with E-state index in [1.807, 2.05) is 6.92 Å². The number of amides is 1. The monoisotopic (exact) mass is 281 g/mol. The zero-order chi connectivity index (χ0) is 14.9. The Morgan fingerprint density at radius 3 is 2.90 bits per heavy atom. The lowest BCUT2D eigenvalue weighted by molar-refractivity contribution is -0.146. The van der Waals surface area contributed by atoms with Crippen molar-refractivity contribution in [2.45, 2.75) is 38.8 Å². The number of ether oxygens (including phenoxy) is 1. The topological polar surface area (TPSA) is 93.5 Å². The number of carboxylic acids is 1. The molecule has 110 valence electrons. The van der Waals surface area contributed by atoms with E-state index in [2.05, 4.69) is 10.4 Å². The first-order chi connectivity index (χ1) is 9.36. The number of hydrogen-bond donors (Lipinski definition) is 2. The van der Waals surface area contributed by atoms with Gasteiger partial charge in [-0.15, -0.1) is 0 Å². The second-order valence-corrected chi connectivity index (χ2v) is 5.36. The number of nitrogens with zero attached hydrogens (tertiary/aromatic N) is 2. The van der Waals surface area contributed by atoms with Gasteiger partial charge in [0, 0.05) is 12.8 Å². The average Bonchev–Trinajstić information content (AvgIpc) is 2.97. The van der Waals surface area contributed by atoms with Gasteiger partial charge in [-0.1, -0.05) is 0 Å². The lowest BCUT2D eigenvalue weighted by atomic mass is 10.1. The van der Waals surface area contributed by atoms with Crippen molar-refractivity contribution >= 4 is 17.6 Å². The number of aliphatic carboxylic acids is 1. The maximum absolute atomic E-state index is 11.9. The molecule has 1 heterocycles. The van der Waals surface area contributed by atoms with E-state index >= 15 is 0 Å². The minimum absolute atomic E-state index is 0.00510. The number of carbonyl (C=O) groups excluding carboxylic acids is 1. The molecule has 0 aromatic carbocycles. The van der Waals surface area contributed by atoms with Crippen LogP contribution in [0.2, 0.25) is 0 Å². The van der Waals surface area contributed by atoms with Crippen LogP contribution in [0.5, 0.6) is 0 Å². The van der Waals surface area contributed by atoms with Gasteiger partial charge in [-0.25, -0.2) is 4.79 Å². The number of carboxylic acid groups (broad SMARTS) is 1. The molecule has 1 aliphatic carbocycles. The molecular weight excluding hydrogens is 262 g/mol. The van der Waals surface area contributed by atoms with Crippen molar-refractivity contribution in [3.05, 3.63) is 12.4 Å². The van der Waals surface area contributed by atoms with Crippen molar-refractivity contribution in [1.29, 1.82) is 0 Å². The SMILES string of the molecule is CCOC1CC1C(=O)Nc1cnn(C(C)(C)C(=O)O)c1. The quantitative estimate of drug-likeness (QED) is 0.813. The molecule has 0 spiro atoms. The fraction of sp³-hybridized carbons (Fsp3) is 0.615. The lowest BCUT2D eigenvalue weighted by Crippen LogP contribution is -2.35. The maximum Gasteiger partial charge on any atom is 0.331 e. The maximum atomic E-state index is 11.9. The number of anilines is 1. The Kier molecular flexibility index (Phi) is 3.80. The molecule has 1 aliphatic rings. The van der Waals surface area contributed by atoms with Crippen molar-refractivity contribution in [3.8, 4) is 0 Å². The molecule has 1 saturated carbocycles. The van der Waals surface area contributed by atoms with Crippen molar-refractivity contribution in [2.24, 2.45) is 5.92 Å². The number of nitrogens with one attached hydrogen (secondary N) is 1. The summed E-state index contributed by atoms with van der Waals surface area (Å²) in [4.78, 5) is 23.0. The standard InChI is InChI=1S/C13H19N3O4/c1-4-20-10-5-9(10)11(17)15-8-6-14-16(7-8)13(2,3)12(18)19/h6-7,9-10H,4-5H2,1-3H3,(H,15,17)(H,18,19). The fourth-order valence-electron chi connectivity index (χ4n) is 1.87. The molecule has 2 rings (SSSR count). The fourth-order valence-corrected chi connectivity index (χ4v) is 1.87. The summed E-state index contributed by atoms with van der Waals surface area (Å²) in [6.07, 6.45) is 3.70. The smallest absolute Gasteiger partial charge is 0.331 e. The highest BCUT2D eigenvalue weighted by Crippen LogP contribution is 2.34. The molecule has 0 saturated heterocycles. The molecule has 2 atom stereocenters. The number of rotatable bonds is 6. The summed E-state index contributed by atoms with van der Waals surface area (Å²) < 4.78 is 6.67. The number of carbonyl (C=O) groups is 2. The van der Waals surface area contributed by atoms with Gasteiger partial charge in [-0.3, -0.25) is 9.48 Å². The van der Waals surface area contributed by atoms with Gasteiger partial charge in [0.2, 0.25) is 5.91 Å². The predicted molar refractivity (Wildman–Crippen MR) is 71.3 cm³/mol. The number of aromatic nitrogens is 2. The third kappa shape index (κ3) is 2.82. The molecule has 2 N–H and O–H groups in total. The summed E-state index contributed by atoms with van der Waals surface area (Å²) >= 11 is 0. The summed E-state index contributed by atoms with van der Waals surface area (Å²) in [6, 6.07) is 0. The summed E-state index contributed by atoms with van der Waals surface area (Å²) in [6.45, 7) is 5.57. The van der Waals surface area contributed by atoms with Gasteiger partial charge >= 0.3 is 5.97 Å². The van der Waals surface area contributed by atoms with Gasteiger partial charge in [0.05, 0.1) is 23.9 Å².